The third-order valence-electron chi connectivity index (χ3n) is 4.10. The number of benzene rings is 2. The van der Waals surface area contributed by atoms with E-state index in [1.165, 1.54) is 12.1 Å². The first kappa shape index (κ1) is 22.9. The summed E-state index contributed by atoms with van der Waals surface area (Å²) in [5.41, 5.74) is 1.75. The lowest BCUT2D eigenvalue weighted by Gasteiger charge is -2.13. The zero-order valence-corrected chi connectivity index (χ0v) is 17.3. The second kappa shape index (κ2) is 13.0. The van der Waals surface area contributed by atoms with Gasteiger partial charge in [-0.25, -0.2) is 9.38 Å². The fourth-order valence-corrected chi connectivity index (χ4v) is 2.66. The predicted octanol–water partition coefficient (Wildman–Crippen LogP) is 2.80. The van der Waals surface area contributed by atoms with Crippen molar-refractivity contribution in [1.29, 1.82) is 0 Å². The van der Waals surface area contributed by atoms with Crippen molar-refractivity contribution in [1.82, 2.24) is 16.0 Å². The summed E-state index contributed by atoms with van der Waals surface area (Å²) >= 11 is 0. The van der Waals surface area contributed by atoms with Gasteiger partial charge >= 0.3 is 0 Å². The van der Waals surface area contributed by atoms with Crippen LogP contribution in [0.5, 0.6) is 5.75 Å². The smallest absolute Gasteiger partial charge is 0.224 e. The van der Waals surface area contributed by atoms with Crippen molar-refractivity contribution in [3.8, 4) is 5.75 Å². The first-order chi connectivity index (χ1) is 14.6. The third kappa shape index (κ3) is 8.34. The van der Waals surface area contributed by atoms with Crippen LogP contribution in [-0.2, 0) is 17.8 Å². The van der Waals surface area contributed by atoms with Crippen molar-refractivity contribution < 1.29 is 13.9 Å². The molecule has 3 N–H and O–H groups in total. The molecule has 6 nitrogen and oxygen atoms in total. The van der Waals surface area contributed by atoms with Crippen LogP contribution < -0.4 is 20.7 Å². The minimum absolute atomic E-state index is 0.112. The molecular weight excluding hydrogens is 383 g/mol. The fraction of sp³-hybridized carbons (Fsp3) is 0.304. The van der Waals surface area contributed by atoms with E-state index in [0.717, 1.165) is 23.4 Å². The molecule has 0 aliphatic heterocycles. The lowest BCUT2D eigenvalue weighted by molar-refractivity contribution is -0.120. The highest BCUT2D eigenvalue weighted by Gasteiger charge is 2.05. The molecule has 0 aliphatic rings. The normalized spacial score (nSPS) is 10.9. The Hall–Kier alpha value is -3.35. The summed E-state index contributed by atoms with van der Waals surface area (Å²) in [5.74, 6) is 1.01. The summed E-state index contributed by atoms with van der Waals surface area (Å²) in [6.07, 6.45) is 1.92. The maximum atomic E-state index is 12.9. The summed E-state index contributed by atoms with van der Waals surface area (Å²) < 4.78 is 18.6. The van der Waals surface area contributed by atoms with E-state index in [1.807, 2.05) is 31.2 Å². The molecule has 0 bridgehead atoms. The van der Waals surface area contributed by atoms with Crippen molar-refractivity contribution in [2.45, 2.75) is 19.9 Å². The number of hydrogen-bond acceptors (Lipinski definition) is 3. The Morgan fingerprint density at radius 2 is 1.83 bits per heavy atom. The molecule has 0 fully saturated rings. The van der Waals surface area contributed by atoms with Gasteiger partial charge in [0.25, 0.3) is 0 Å². The molecule has 1 amide bonds. The lowest BCUT2D eigenvalue weighted by atomic mass is 10.1. The quantitative estimate of drug-likeness (QED) is 0.230. The average molecular weight is 413 g/mol. The molecule has 2 rings (SSSR count). The molecular formula is C23H29FN4O2. The van der Waals surface area contributed by atoms with Crippen molar-refractivity contribution in [3.63, 3.8) is 0 Å². The summed E-state index contributed by atoms with van der Waals surface area (Å²) in [5, 5.41) is 9.22. The van der Waals surface area contributed by atoms with Crippen LogP contribution in [0.1, 0.15) is 18.1 Å². The molecule has 2 aromatic carbocycles. The molecule has 0 unspecified atom stereocenters. The minimum Gasteiger partial charge on any atom is -0.489 e. The van der Waals surface area contributed by atoms with Gasteiger partial charge in [-0.05, 0) is 30.7 Å². The number of ether oxygens (including phenoxy) is 1. The number of para-hydroxylation sites is 1. The van der Waals surface area contributed by atoms with Crippen LogP contribution in [0.15, 0.2) is 66.2 Å². The van der Waals surface area contributed by atoms with Gasteiger partial charge in [0.05, 0.1) is 13.0 Å². The molecule has 160 valence electrons. The van der Waals surface area contributed by atoms with Crippen molar-refractivity contribution >= 4 is 11.9 Å². The number of nitrogens with zero attached hydrogens (tertiary/aromatic N) is 1. The zero-order valence-electron chi connectivity index (χ0n) is 17.3. The maximum Gasteiger partial charge on any atom is 0.224 e. The highest BCUT2D eigenvalue weighted by Crippen LogP contribution is 2.18. The molecule has 0 saturated heterocycles. The lowest BCUT2D eigenvalue weighted by Crippen LogP contribution is -2.41. The number of aliphatic imine (C=N–C) groups is 1. The van der Waals surface area contributed by atoms with E-state index in [-0.39, 0.29) is 18.1 Å². The van der Waals surface area contributed by atoms with E-state index < -0.39 is 0 Å². The van der Waals surface area contributed by atoms with Crippen LogP contribution in [-0.4, -0.2) is 38.1 Å². The molecule has 7 heteroatoms. The van der Waals surface area contributed by atoms with Crippen LogP contribution >= 0.6 is 0 Å². The topological polar surface area (TPSA) is 74.8 Å². The summed E-state index contributed by atoms with van der Waals surface area (Å²) in [4.78, 5) is 16.6. The first-order valence-corrected chi connectivity index (χ1v) is 9.97. The molecule has 0 saturated carbocycles. The van der Waals surface area contributed by atoms with Gasteiger partial charge in [-0.15, -0.1) is 0 Å². The van der Waals surface area contributed by atoms with E-state index in [4.69, 9.17) is 4.74 Å². The van der Waals surface area contributed by atoms with E-state index in [0.29, 0.717) is 32.2 Å². The molecule has 0 heterocycles. The van der Waals surface area contributed by atoms with Gasteiger partial charge in [-0.3, -0.25) is 4.79 Å². The highest BCUT2D eigenvalue weighted by molar-refractivity contribution is 5.80. The zero-order chi connectivity index (χ0) is 21.6. The van der Waals surface area contributed by atoms with Crippen molar-refractivity contribution in [3.05, 3.63) is 78.1 Å². The molecule has 2 aromatic rings. The van der Waals surface area contributed by atoms with Crippen LogP contribution in [0.3, 0.4) is 0 Å². The van der Waals surface area contributed by atoms with Crippen LogP contribution in [0.25, 0.3) is 0 Å². The summed E-state index contributed by atoms with van der Waals surface area (Å²) in [6, 6.07) is 13.7. The standard InChI is InChI=1S/C23H29FN4O2/c1-3-15-30-21-8-6-5-7-19(21)17-28-23(25-4-2)27-14-13-26-22(29)16-18-9-11-20(24)12-10-18/h3,5-12H,1,4,13-17H2,2H3,(H,26,29)(H2,25,27,28). The van der Waals surface area contributed by atoms with E-state index in [2.05, 4.69) is 27.5 Å². The second-order valence-electron chi connectivity index (χ2n) is 6.48. The van der Waals surface area contributed by atoms with Crippen LogP contribution in [0.4, 0.5) is 4.39 Å². The van der Waals surface area contributed by atoms with Crippen LogP contribution in [0, 0.1) is 5.82 Å². The molecule has 0 spiro atoms. The number of hydrogen-bond donors (Lipinski definition) is 3. The third-order valence-corrected chi connectivity index (χ3v) is 4.10. The van der Waals surface area contributed by atoms with Gasteiger partial charge in [0, 0.05) is 25.2 Å². The number of rotatable bonds is 11. The van der Waals surface area contributed by atoms with E-state index in [1.54, 1.807) is 18.2 Å². The van der Waals surface area contributed by atoms with E-state index >= 15 is 0 Å². The number of guanidine groups is 1. The number of halogens is 1. The number of carbonyl (C=O) groups excluding carboxylic acids is 1. The van der Waals surface area contributed by atoms with Crippen LogP contribution in [0.2, 0.25) is 0 Å². The Labute approximate surface area is 177 Å². The van der Waals surface area contributed by atoms with Gasteiger partial charge in [-0.2, -0.15) is 0 Å². The Kier molecular flexibility index (Phi) is 9.92. The van der Waals surface area contributed by atoms with Crippen molar-refractivity contribution in [2.24, 2.45) is 4.99 Å². The molecule has 0 aromatic heterocycles. The largest absolute Gasteiger partial charge is 0.489 e. The van der Waals surface area contributed by atoms with E-state index in [9.17, 15) is 9.18 Å². The fourth-order valence-electron chi connectivity index (χ4n) is 2.66. The van der Waals surface area contributed by atoms with Gasteiger partial charge in [0.1, 0.15) is 18.2 Å². The summed E-state index contributed by atoms with van der Waals surface area (Å²) in [7, 11) is 0. The number of nitrogens with one attached hydrogen (secondary N) is 3. The molecule has 30 heavy (non-hydrogen) atoms. The maximum absolute atomic E-state index is 12.9. The Morgan fingerprint density at radius 1 is 1.10 bits per heavy atom. The second-order valence-corrected chi connectivity index (χ2v) is 6.48. The minimum atomic E-state index is -0.312. The molecule has 0 aliphatic carbocycles. The average Bonchev–Trinajstić information content (AvgIpc) is 2.75. The predicted molar refractivity (Wildman–Crippen MR) is 118 cm³/mol. The van der Waals surface area contributed by atoms with Gasteiger partial charge in [0.15, 0.2) is 5.96 Å². The number of amides is 1. The highest BCUT2D eigenvalue weighted by atomic mass is 19.1. The van der Waals surface area contributed by atoms with Gasteiger partial charge < -0.3 is 20.7 Å². The molecule has 0 atom stereocenters. The Balaban J connectivity index is 1.80. The van der Waals surface area contributed by atoms with Gasteiger partial charge in [-0.1, -0.05) is 43.0 Å². The first-order valence-electron chi connectivity index (χ1n) is 9.97. The molecule has 0 radical (unpaired) electrons. The SMILES string of the molecule is C=CCOc1ccccc1CN=C(NCC)NCCNC(=O)Cc1ccc(F)cc1. The monoisotopic (exact) mass is 412 g/mol. The van der Waals surface area contributed by atoms with Crippen molar-refractivity contribution in [2.75, 3.05) is 26.2 Å². The Morgan fingerprint density at radius 3 is 2.57 bits per heavy atom. The summed E-state index contributed by atoms with van der Waals surface area (Å²) in [6.45, 7) is 8.25. The number of carbonyl (C=O) groups is 1. The van der Waals surface area contributed by atoms with Gasteiger partial charge in [0.2, 0.25) is 5.91 Å². The Bertz CT molecular complexity index is 837.